The maximum absolute atomic E-state index is 6.48. The fourth-order valence-corrected chi connectivity index (χ4v) is 9.32. The summed E-state index contributed by atoms with van der Waals surface area (Å²) in [7, 11) is 0. The van der Waals surface area contributed by atoms with Crippen LogP contribution in [0.5, 0.6) is 0 Å². The van der Waals surface area contributed by atoms with E-state index in [2.05, 4.69) is 144 Å². The fraction of sp³-hybridized carbons (Fsp3) is 0. The van der Waals surface area contributed by atoms with Crippen LogP contribution in [-0.2, 0) is 0 Å². The number of rotatable bonds is 6. The van der Waals surface area contributed by atoms with Crippen LogP contribution in [0.1, 0.15) is 0 Å². The van der Waals surface area contributed by atoms with Crippen molar-refractivity contribution in [2.45, 2.75) is 0 Å². The predicted octanol–water partition coefficient (Wildman–Crippen LogP) is 15.1. The molecule has 0 aliphatic carbocycles. The highest BCUT2D eigenvalue weighted by Crippen LogP contribution is 2.41. The molecule has 6 nitrogen and oxygen atoms in total. The van der Waals surface area contributed by atoms with E-state index in [0.717, 1.165) is 99.5 Å². The molecule has 0 saturated heterocycles. The van der Waals surface area contributed by atoms with Crippen LogP contribution in [0.25, 0.3) is 128 Å². The van der Waals surface area contributed by atoms with Crippen molar-refractivity contribution >= 4 is 65.7 Å². The number of nitrogens with zero attached hydrogens (tertiary/aromatic N) is 4. The van der Waals surface area contributed by atoms with Gasteiger partial charge in [0, 0.05) is 65.8 Å². The van der Waals surface area contributed by atoms with Crippen LogP contribution >= 0.6 is 0 Å². The molecular formula is C57H34N4O2. The molecule has 13 rings (SSSR count). The second-order valence-corrected chi connectivity index (χ2v) is 15.9. The van der Waals surface area contributed by atoms with Gasteiger partial charge in [-0.05, 0) is 71.8 Å². The third kappa shape index (κ3) is 5.69. The highest BCUT2D eigenvalue weighted by atomic mass is 16.3. The van der Waals surface area contributed by atoms with Crippen LogP contribution in [0.3, 0.4) is 0 Å². The summed E-state index contributed by atoms with van der Waals surface area (Å²) >= 11 is 0. The molecule has 0 atom stereocenters. The maximum atomic E-state index is 6.48. The van der Waals surface area contributed by atoms with E-state index in [9.17, 15) is 0 Å². The van der Waals surface area contributed by atoms with Crippen molar-refractivity contribution in [2.24, 2.45) is 0 Å². The molecule has 6 heteroatoms. The maximum Gasteiger partial charge on any atom is 0.164 e. The van der Waals surface area contributed by atoms with Gasteiger partial charge >= 0.3 is 0 Å². The summed E-state index contributed by atoms with van der Waals surface area (Å²) < 4.78 is 15.1. The Labute approximate surface area is 361 Å². The quantitative estimate of drug-likeness (QED) is 0.167. The van der Waals surface area contributed by atoms with E-state index >= 15 is 0 Å². The SMILES string of the molecule is c1ccc(-c2nc(-c3ccc(-n4c5ccccc5c5cccc(-c6cccc(-c7cccc8c7oc7ccccc78)c6)c54)cc3)nc(-c3ccc4c(c3)oc3ccccc34)n2)cc1. The molecule has 63 heavy (non-hydrogen) atoms. The van der Waals surface area contributed by atoms with E-state index in [1.807, 2.05) is 66.7 Å². The minimum absolute atomic E-state index is 0.580. The Bertz CT molecular complexity index is 3920. The molecular weight excluding hydrogens is 773 g/mol. The van der Waals surface area contributed by atoms with Gasteiger partial charge in [0.15, 0.2) is 17.5 Å². The third-order valence-corrected chi connectivity index (χ3v) is 12.3. The predicted molar refractivity (Wildman–Crippen MR) is 256 cm³/mol. The van der Waals surface area contributed by atoms with Gasteiger partial charge in [0.1, 0.15) is 22.3 Å². The first-order valence-corrected chi connectivity index (χ1v) is 21.1. The van der Waals surface area contributed by atoms with Gasteiger partial charge in [-0.3, -0.25) is 0 Å². The van der Waals surface area contributed by atoms with Crippen molar-refractivity contribution in [1.29, 1.82) is 0 Å². The van der Waals surface area contributed by atoms with Crippen molar-refractivity contribution in [1.82, 2.24) is 19.5 Å². The minimum Gasteiger partial charge on any atom is -0.456 e. The number of para-hydroxylation sites is 5. The zero-order valence-electron chi connectivity index (χ0n) is 33.7. The standard InChI is InChI=1S/C57H34N4O2/c1-2-13-35(14-3-1)55-58-56(60-57(59-55)39-29-32-46-44-18-5-8-25-50(44)62-52(46)34-39)36-27-30-40(31-28-36)61-49-24-7-4-17-43(49)47-22-11-20-41(53(47)61)37-15-10-16-38(33-37)42-21-12-23-48-45-19-6-9-26-51(45)63-54(42)48/h1-34H. The molecule has 4 heterocycles. The molecule has 0 saturated carbocycles. The molecule has 0 bridgehead atoms. The lowest BCUT2D eigenvalue weighted by Gasteiger charge is -2.13. The van der Waals surface area contributed by atoms with Crippen LogP contribution in [0, 0.1) is 0 Å². The molecule has 294 valence electrons. The first-order valence-electron chi connectivity index (χ1n) is 21.1. The van der Waals surface area contributed by atoms with Gasteiger partial charge < -0.3 is 13.4 Å². The zero-order chi connectivity index (χ0) is 41.4. The van der Waals surface area contributed by atoms with Crippen molar-refractivity contribution in [2.75, 3.05) is 0 Å². The largest absolute Gasteiger partial charge is 0.456 e. The third-order valence-electron chi connectivity index (χ3n) is 12.3. The molecule has 0 amide bonds. The number of fused-ring (bicyclic) bond motifs is 9. The van der Waals surface area contributed by atoms with Gasteiger partial charge in [-0.15, -0.1) is 0 Å². The lowest BCUT2D eigenvalue weighted by Crippen LogP contribution is -2.00. The highest BCUT2D eigenvalue weighted by Gasteiger charge is 2.19. The fourth-order valence-electron chi connectivity index (χ4n) is 9.32. The Kier molecular flexibility index (Phi) is 7.80. The number of benzene rings is 9. The van der Waals surface area contributed by atoms with Gasteiger partial charge in [0.2, 0.25) is 0 Å². The number of hydrogen-bond acceptors (Lipinski definition) is 5. The summed E-state index contributed by atoms with van der Waals surface area (Å²) in [6.07, 6.45) is 0. The molecule has 4 aromatic heterocycles. The average molecular weight is 807 g/mol. The van der Waals surface area contributed by atoms with E-state index in [0.29, 0.717) is 17.5 Å². The lowest BCUT2D eigenvalue weighted by atomic mass is 9.96. The Balaban J connectivity index is 0.939. The van der Waals surface area contributed by atoms with Gasteiger partial charge in [-0.2, -0.15) is 0 Å². The first-order chi connectivity index (χ1) is 31.2. The Hall–Kier alpha value is -8.61. The van der Waals surface area contributed by atoms with Crippen LogP contribution < -0.4 is 0 Å². The number of furan rings is 2. The second-order valence-electron chi connectivity index (χ2n) is 15.9. The number of hydrogen-bond donors (Lipinski definition) is 0. The van der Waals surface area contributed by atoms with E-state index in [1.54, 1.807) is 0 Å². The van der Waals surface area contributed by atoms with Crippen LogP contribution in [0.2, 0.25) is 0 Å². The average Bonchev–Trinajstić information content (AvgIpc) is 4.04. The van der Waals surface area contributed by atoms with Crippen molar-refractivity contribution in [3.05, 3.63) is 206 Å². The highest BCUT2D eigenvalue weighted by molar-refractivity contribution is 6.14. The summed E-state index contributed by atoms with van der Waals surface area (Å²) in [5.41, 5.74) is 13.8. The molecule has 13 aromatic rings. The normalized spacial score (nSPS) is 11.8. The Morgan fingerprint density at radius 1 is 0.317 bits per heavy atom. The van der Waals surface area contributed by atoms with Gasteiger partial charge in [-0.25, -0.2) is 15.0 Å². The summed E-state index contributed by atoms with van der Waals surface area (Å²) in [6.45, 7) is 0. The molecule has 0 fully saturated rings. The summed E-state index contributed by atoms with van der Waals surface area (Å²) in [6, 6.07) is 71.7. The summed E-state index contributed by atoms with van der Waals surface area (Å²) in [5.74, 6) is 1.78. The van der Waals surface area contributed by atoms with E-state index in [4.69, 9.17) is 23.8 Å². The molecule has 9 aromatic carbocycles. The molecule has 0 unspecified atom stereocenters. The Morgan fingerprint density at radius 2 is 0.841 bits per heavy atom. The van der Waals surface area contributed by atoms with Crippen LogP contribution in [0.15, 0.2) is 215 Å². The van der Waals surface area contributed by atoms with Gasteiger partial charge in [0.25, 0.3) is 0 Å². The first kappa shape index (κ1) is 35.2. The lowest BCUT2D eigenvalue weighted by molar-refractivity contribution is 0.669. The van der Waals surface area contributed by atoms with Crippen molar-refractivity contribution in [3.63, 3.8) is 0 Å². The monoisotopic (exact) mass is 806 g/mol. The molecule has 0 aliphatic heterocycles. The van der Waals surface area contributed by atoms with Gasteiger partial charge in [0.05, 0.1) is 11.0 Å². The molecule has 0 aliphatic rings. The molecule has 0 radical (unpaired) electrons. The van der Waals surface area contributed by atoms with Crippen LogP contribution in [-0.4, -0.2) is 19.5 Å². The molecule has 0 N–H and O–H groups in total. The minimum atomic E-state index is 0.580. The van der Waals surface area contributed by atoms with E-state index < -0.39 is 0 Å². The van der Waals surface area contributed by atoms with E-state index in [-0.39, 0.29) is 0 Å². The van der Waals surface area contributed by atoms with E-state index in [1.165, 1.54) is 10.8 Å². The number of aromatic nitrogens is 4. The zero-order valence-corrected chi connectivity index (χ0v) is 33.7. The van der Waals surface area contributed by atoms with Gasteiger partial charge in [-0.1, -0.05) is 146 Å². The second kappa shape index (κ2) is 14.0. The van der Waals surface area contributed by atoms with Crippen LogP contribution in [0.4, 0.5) is 0 Å². The molecule has 0 spiro atoms. The Morgan fingerprint density at radius 3 is 1.62 bits per heavy atom. The summed E-state index contributed by atoms with van der Waals surface area (Å²) in [4.78, 5) is 15.1. The smallest absolute Gasteiger partial charge is 0.164 e. The van der Waals surface area contributed by atoms with Crippen molar-refractivity contribution in [3.8, 4) is 62.1 Å². The summed E-state index contributed by atoms with van der Waals surface area (Å²) in [5, 5.41) is 6.77. The topological polar surface area (TPSA) is 69.9 Å². The van der Waals surface area contributed by atoms with Crippen molar-refractivity contribution < 1.29 is 8.83 Å².